The highest BCUT2D eigenvalue weighted by molar-refractivity contribution is 6.36. The summed E-state index contributed by atoms with van der Waals surface area (Å²) in [5.41, 5.74) is 1.29. The molecule has 9 nitrogen and oxygen atoms in total. The summed E-state index contributed by atoms with van der Waals surface area (Å²) in [6.07, 6.45) is 2.74. The number of carbonyl (C=O) groups is 2. The molecule has 12 heteroatoms. The first kappa shape index (κ1) is 30.3. The van der Waals surface area contributed by atoms with Gasteiger partial charge in [0.15, 0.2) is 16.9 Å². The van der Waals surface area contributed by atoms with Gasteiger partial charge < -0.3 is 28.4 Å². The van der Waals surface area contributed by atoms with Crippen molar-refractivity contribution in [3.63, 3.8) is 0 Å². The first-order valence-electron chi connectivity index (χ1n) is 14.0. The topological polar surface area (TPSA) is 98.5 Å². The molecule has 0 bridgehead atoms. The highest BCUT2D eigenvalue weighted by Crippen LogP contribution is 2.33. The minimum absolute atomic E-state index is 0.0816. The van der Waals surface area contributed by atoms with E-state index in [2.05, 4.69) is 0 Å². The van der Waals surface area contributed by atoms with Gasteiger partial charge in [0.05, 0.1) is 40.4 Å². The summed E-state index contributed by atoms with van der Waals surface area (Å²) in [6, 6.07) is 14.8. The number of amides is 2. The Bertz CT molecular complexity index is 1790. The molecule has 3 aromatic carbocycles. The van der Waals surface area contributed by atoms with E-state index in [0.29, 0.717) is 39.1 Å². The molecular weight excluding hydrogens is 631 g/mol. The van der Waals surface area contributed by atoms with E-state index in [9.17, 15) is 14.4 Å². The lowest BCUT2D eigenvalue weighted by molar-refractivity contribution is -0.133. The lowest BCUT2D eigenvalue weighted by atomic mass is 10.1. The fraction of sp³-hybridized carbons (Fsp3) is 0.281. The number of fused-ring (bicyclic) bond motifs is 2. The van der Waals surface area contributed by atoms with Gasteiger partial charge in [0.1, 0.15) is 12.1 Å². The van der Waals surface area contributed by atoms with Gasteiger partial charge in [0.2, 0.25) is 12.7 Å². The Labute approximate surface area is 267 Å². The lowest BCUT2D eigenvalue weighted by Crippen LogP contribution is -2.45. The molecule has 0 N–H and O–H groups in total. The second kappa shape index (κ2) is 13.1. The molecule has 0 radical (unpaired) electrons. The first-order valence-corrected chi connectivity index (χ1v) is 15.1. The number of carbonyl (C=O) groups excluding carboxylic acids is 2. The molecule has 0 aliphatic carbocycles. The van der Waals surface area contributed by atoms with Crippen molar-refractivity contribution < 1.29 is 28.2 Å². The maximum absolute atomic E-state index is 14.1. The van der Waals surface area contributed by atoms with Crippen molar-refractivity contribution in [3.05, 3.63) is 103 Å². The van der Waals surface area contributed by atoms with Crippen molar-refractivity contribution in [1.29, 1.82) is 0 Å². The standard InChI is InChI=1S/C32H27Cl3N2O7/c33-21-5-8-27-25(11-21)31(39)20(17-42-27)14-36(13-19-3-7-28-29(10-19)44-18-43-28)30(38)16-37(15-23-2-1-9-41-23)32(40)24-6-4-22(34)12-26(24)35/h3-8,10-12,17,23H,1-2,9,13-16,18H2. The SMILES string of the molecule is O=C(CN(CC1CCCO1)C(=O)c1ccc(Cl)cc1Cl)N(Cc1ccc2c(c1)OCO2)Cc1coc2ccc(Cl)cc2c1=O. The third-order valence-electron chi connectivity index (χ3n) is 7.55. The fourth-order valence-corrected chi connectivity index (χ4v) is 5.96. The van der Waals surface area contributed by atoms with Gasteiger partial charge in [-0.05, 0) is 66.9 Å². The van der Waals surface area contributed by atoms with Crippen LogP contribution in [0.1, 0.15) is 34.3 Å². The van der Waals surface area contributed by atoms with Crippen LogP contribution in [0, 0.1) is 0 Å². The molecule has 1 fully saturated rings. The van der Waals surface area contributed by atoms with Crippen LogP contribution in [-0.4, -0.2) is 54.2 Å². The van der Waals surface area contributed by atoms with Crippen LogP contribution in [0.15, 0.2) is 70.1 Å². The molecule has 3 heterocycles. The van der Waals surface area contributed by atoms with Crippen LogP contribution >= 0.6 is 34.8 Å². The van der Waals surface area contributed by atoms with Crippen LogP contribution < -0.4 is 14.9 Å². The zero-order valence-corrected chi connectivity index (χ0v) is 25.7. The van der Waals surface area contributed by atoms with E-state index in [4.69, 9.17) is 53.4 Å². The molecule has 0 spiro atoms. The summed E-state index contributed by atoms with van der Waals surface area (Å²) < 4.78 is 22.5. The van der Waals surface area contributed by atoms with Crippen molar-refractivity contribution in [2.24, 2.45) is 0 Å². The van der Waals surface area contributed by atoms with Gasteiger partial charge in [-0.3, -0.25) is 14.4 Å². The maximum atomic E-state index is 14.1. The Hall–Kier alpha value is -3.76. The van der Waals surface area contributed by atoms with Crippen molar-refractivity contribution >= 4 is 57.6 Å². The van der Waals surface area contributed by atoms with Crippen molar-refractivity contribution in [3.8, 4) is 11.5 Å². The average molecular weight is 658 g/mol. The molecule has 6 rings (SSSR count). The number of ether oxygens (including phenoxy) is 3. The Balaban J connectivity index is 1.32. The molecule has 4 aromatic rings. The molecule has 0 saturated carbocycles. The number of hydrogen-bond donors (Lipinski definition) is 0. The highest BCUT2D eigenvalue weighted by Gasteiger charge is 2.29. The molecule has 44 heavy (non-hydrogen) atoms. The molecule has 2 amide bonds. The van der Waals surface area contributed by atoms with Crippen LogP contribution in [0.4, 0.5) is 0 Å². The smallest absolute Gasteiger partial charge is 0.255 e. The highest BCUT2D eigenvalue weighted by atomic mass is 35.5. The summed E-state index contributed by atoms with van der Waals surface area (Å²) in [5, 5.41) is 1.26. The van der Waals surface area contributed by atoms with E-state index in [1.165, 1.54) is 34.3 Å². The van der Waals surface area contributed by atoms with Crippen molar-refractivity contribution in [1.82, 2.24) is 9.80 Å². The first-order chi connectivity index (χ1) is 21.2. The minimum Gasteiger partial charge on any atom is -0.464 e. The summed E-state index contributed by atoms with van der Waals surface area (Å²) in [7, 11) is 0. The Morgan fingerprint density at radius 2 is 1.68 bits per heavy atom. The van der Waals surface area contributed by atoms with Gasteiger partial charge in [-0.2, -0.15) is 0 Å². The fourth-order valence-electron chi connectivity index (χ4n) is 5.30. The second-order valence-electron chi connectivity index (χ2n) is 10.6. The largest absolute Gasteiger partial charge is 0.464 e. The van der Waals surface area contributed by atoms with Crippen LogP contribution in [0.3, 0.4) is 0 Å². The third kappa shape index (κ3) is 6.66. The van der Waals surface area contributed by atoms with Crippen LogP contribution in [0.5, 0.6) is 11.5 Å². The van der Waals surface area contributed by atoms with Crippen LogP contribution in [0.2, 0.25) is 15.1 Å². The van der Waals surface area contributed by atoms with E-state index in [-0.39, 0.29) is 60.7 Å². The van der Waals surface area contributed by atoms with Gasteiger partial charge in [0, 0.05) is 29.7 Å². The van der Waals surface area contributed by atoms with Crippen molar-refractivity contribution in [2.75, 3.05) is 26.5 Å². The van der Waals surface area contributed by atoms with Gasteiger partial charge in [0.25, 0.3) is 5.91 Å². The van der Waals surface area contributed by atoms with Crippen molar-refractivity contribution in [2.45, 2.75) is 32.0 Å². The quantitative estimate of drug-likeness (QED) is 0.207. The third-order valence-corrected chi connectivity index (χ3v) is 8.34. The molecule has 1 saturated heterocycles. The van der Waals surface area contributed by atoms with Gasteiger partial charge in [-0.15, -0.1) is 0 Å². The monoisotopic (exact) mass is 656 g/mol. The number of hydrogen-bond acceptors (Lipinski definition) is 7. The Kier molecular flexibility index (Phi) is 9.00. The average Bonchev–Trinajstić information content (AvgIpc) is 3.70. The molecule has 228 valence electrons. The zero-order valence-electron chi connectivity index (χ0n) is 23.4. The van der Waals surface area contributed by atoms with Gasteiger partial charge in [-0.25, -0.2) is 0 Å². The molecule has 1 unspecified atom stereocenters. The molecule has 2 aliphatic heterocycles. The predicted molar refractivity (Wildman–Crippen MR) is 166 cm³/mol. The summed E-state index contributed by atoms with van der Waals surface area (Å²) >= 11 is 18.6. The number of halogens is 3. The summed E-state index contributed by atoms with van der Waals surface area (Å²) in [4.78, 5) is 44.3. The van der Waals surface area contributed by atoms with E-state index in [0.717, 1.165) is 18.4 Å². The number of rotatable bonds is 9. The van der Waals surface area contributed by atoms with Gasteiger partial charge in [-0.1, -0.05) is 40.9 Å². The normalized spacial score (nSPS) is 15.5. The number of benzene rings is 3. The van der Waals surface area contributed by atoms with Crippen LogP contribution in [0.25, 0.3) is 11.0 Å². The van der Waals surface area contributed by atoms with E-state index < -0.39 is 11.8 Å². The summed E-state index contributed by atoms with van der Waals surface area (Å²) in [6.45, 7) is 0.634. The maximum Gasteiger partial charge on any atom is 0.255 e. The predicted octanol–water partition coefficient (Wildman–Crippen LogP) is 6.33. The lowest BCUT2D eigenvalue weighted by Gasteiger charge is -2.29. The Morgan fingerprint density at radius 3 is 2.48 bits per heavy atom. The second-order valence-corrected chi connectivity index (χ2v) is 11.9. The summed E-state index contributed by atoms with van der Waals surface area (Å²) in [5.74, 6) is 0.331. The molecule has 2 aliphatic rings. The molecule has 1 atom stereocenters. The molecular formula is C32H27Cl3N2O7. The van der Waals surface area contributed by atoms with E-state index >= 15 is 0 Å². The van der Waals surface area contributed by atoms with Crippen LogP contribution in [-0.2, 0) is 22.6 Å². The zero-order chi connectivity index (χ0) is 30.8. The Morgan fingerprint density at radius 1 is 0.886 bits per heavy atom. The number of nitrogens with zero attached hydrogens (tertiary/aromatic N) is 2. The van der Waals surface area contributed by atoms with E-state index in [1.807, 2.05) is 6.07 Å². The minimum atomic E-state index is -0.432. The van der Waals surface area contributed by atoms with Gasteiger partial charge >= 0.3 is 0 Å². The molecule has 1 aromatic heterocycles. The van der Waals surface area contributed by atoms with E-state index in [1.54, 1.807) is 30.3 Å².